The summed E-state index contributed by atoms with van der Waals surface area (Å²) in [6, 6.07) is 77.9. The standard InChI is InChI=1S/C57H35NOS/c1-3-17-38(18-4-1)57(39-19-5-2-6-20-39)49-26-12-11-23-43(49)48-35-40(31-34-50(48)57)58(51-27-13-24-44-45-32-29-36-15-7-9-21-41(36)53(45)59-54(44)51)52-28-14-25-46-47-33-30-37-16-8-10-22-42(37)55(47)60-56(46)52/h1-35H. The van der Waals surface area contributed by atoms with Crippen LogP contribution in [0.1, 0.15) is 22.3 Å². The van der Waals surface area contributed by atoms with Gasteiger partial charge in [-0.1, -0.05) is 182 Å². The summed E-state index contributed by atoms with van der Waals surface area (Å²) in [5.41, 5.74) is 12.1. The number of hydrogen-bond acceptors (Lipinski definition) is 3. The third-order valence-electron chi connectivity index (χ3n) is 12.9. The lowest BCUT2D eigenvalue weighted by Crippen LogP contribution is -2.28. The van der Waals surface area contributed by atoms with Gasteiger partial charge in [-0.3, -0.25) is 0 Å². The highest BCUT2D eigenvalue weighted by Crippen LogP contribution is 2.58. The summed E-state index contributed by atoms with van der Waals surface area (Å²) < 4.78 is 9.66. The van der Waals surface area contributed by atoms with E-state index in [1.54, 1.807) is 0 Å². The van der Waals surface area contributed by atoms with Crippen LogP contribution in [0, 0.1) is 0 Å². The van der Waals surface area contributed by atoms with E-state index in [2.05, 4.69) is 217 Å². The van der Waals surface area contributed by atoms with Crippen molar-refractivity contribution < 1.29 is 4.42 Å². The number of anilines is 3. The Labute approximate surface area is 350 Å². The molecule has 0 saturated carbocycles. The monoisotopic (exact) mass is 781 g/mol. The van der Waals surface area contributed by atoms with E-state index in [1.807, 2.05) is 11.3 Å². The molecule has 3 heteroatoms. The summed E-state index contributed by atoms with van der Waals surface area (Å²) in [6.07, 6.45) is 0. The van der Waals surface area contributed by atoms with Crippen LogP contribution in [0.15, 0.2) is 217 Å². The van der Waals surface area contributed by atoms with Crippen molar-refractivity contribution in [3.05, 3.63) is 235 Å². The summed E-state index contributed by atoms with van der Waals surface area (Å²) in [4.78, 5) is 2.46. The van der Waals surface area contributed by atoms with Crippen LogP contribution in [0.5, 0.6) is 0 Å². The molecule has 0 radical (unpaired) electrons. The number of rotatable bonds is 5. The topological polar surface area (TPSA) is 16.4 Å². The van der Waals surface area contributed by atoms with E-state index in [4.69, 9.17) is 4.42 Å². The number of thiophene rings is 1. The van der Waals surface area contributed by atoms with E-state index in [1.165, 1.54) is 69.7 Å². The van der Waals surface area contributed by atoms with Crippen molar-refractivity contribution in [1.82, 2.24) is 0 Å². The molecule has 2 heterocycles. The molecule has 13 rings (SSSR count). The zero-order valence-electron chi connectivity index (χ0n) is 32.5. The Morgan fingerprint density at radius 2 is 0.933 bits per heavy atom. The smallest absolute Gasteiger partial charge is 0.159 e. The zero-order valence-corrected chi connectivity index (χ0v) is 33.3. The molecule has 0 fully saturated rings. The normalized spacial score (nSPS) is 13.1. The first-order chi connectivity index (χ1) is 29.8. The summed E-state index contributed by atoms with van der Waals surface area (Å²) in [7, 11) is 0. The van der Waals surface area contributed by atoms with Crippen LogP contribution in [-0.4, -0.2) is 0 Å². The Kier molecular flexibility index (Phi) is 7.13. The molecule has 0 atom stereocenters. The minimum atomic E-state index is -0.482. The second kappa shape index (κ2) is 12.8. The summed E-state index contributed by atoms with van der Waals surface area (Å²) in [5.74, 6) is 0. The minimum Gasteiger partial charge on any atom is -0.453 e. The Balaban J connectivity index is 1.13. The van der Waals surface area contributed by atoms with Crippen molar-refractivity contribution in [2.24, 2.45) is 0 Å². The molecular formula is C57H35NOS. The molecule has 2 nitrogen and oxygen atoms in total. The van der Waals surface area contributed by atoms with Crippen molar-refractivity contribution in [3.63, 3.8) is 0 Å². The summed E-state index contributed by atoms with van der Waals surface area (Å²) in [5, 5.41) is 9.59. The van der Waals surface area contributed by atoms with E-state index in [9.17, 15) is 0 Å². The number of hydrogen-bond donors (Lipinski definition) is 0. The van der Waals surface area contributed by atoms with E-state index in [-0.39, 0.29) is 0 Å². The van der Waals surface area contributed by atoms with Crippen molar-refractivity contribution in [2.75, 3.05) is 4.90 Å². The summed E-state index contributed by atoms with van der Waals surface area (Å²) >= 11 is 1.88. The Morgan fingerprint density at radius 1 is 0.367 bits per heavy atom. The lowest BCUT2D eigenvalue weighted by atomic mass is 9.68. The van der Waals surface area contributed by atoms with Crippen molar-refractivity contribution >= 4 is 92.1 Å². The summed E-state index contributed by atoms with van der Waals surface area (Å²) in [6.45, 7) is 0. The Morgan fingerprint density at radius 3 is 1.72 bits per heavy atom. The van der Waals surface area contributed by atoms with Gasteiger partial charge in [0.05, 0.1) is 21.5 Å². The van der Waals surface area contributed by atoms with Gasteiger partial charge in [0.25, 0.3) is 0 Å². The third kappa shape index (κ3) is 4.58. The molecule has 1 aliphatic rings. The lowest BCUT2D eigenvalue weighted by Gasteiger charge is -2.34. The van der Waals surface area contributed by atoms with Crippen LogP contribution < -0.4 is 4.90 Å². The Bertz CT molecular complexity index is 3480. The first-order valence-electron chi connectivity index (χ1n) is 20.6. The van der Waals surface area contributed by atoms with E-state index < -0.39 is 5.41 Å². The van der Waals surface area contributed by atoms with Crippen molar-refractivity contribution in [3.8, 4) is 11.1 Å². The van der Waals surface area contributed by atoms with Gasteiger partial charge in [0.2, 0.25) is 0 Å². The molecule has 0 spiro atoms. The second-order valence-corrected chi connectivity index (χ2v) is 17.0. The van der Waals surface area contributed by atoms with Crippen molar-refractivity contribution in [2.45, 2.75) is 5.41 Å². The molecule has 2 aromatic heterocycles. The molecule has 0 unspecified atom stereocenters. The number of benzene rings is 10. The van der Waals surface area contributed by atoms with Gasteiger partial charge in [0.15, 0.2) is 5.58 Å². The van der Waals surface area contributed by atoms with Gasteiger partial charge in [-0.05, 0) is 79.9 Å². The molecule has 1 aliphatic carbocycles. The number of furan rings is 1. The minimum absolute atomic E-state index is 0.482. The molecule has 0 N–H and O–H groups in total. The van der Waals surface area contributed by atoms with E-state index in [0.717, 1.165) is 44.4 Å². The lowest BCUT2D eigenvalue weighted by molar-refractivity contribution is 0.673. The molecule has 12 aromatic rings. The van der Waals surface area contributed by atoms with Crippen LogP contribution in [0.3, 0.4) is 0 Å². The first kappa shape index (κ1) is 33.5. The molecule has 60 heavy (non-hydrogen) atoms. The number of fused-ring (bicyclic) bond motifs is 13. The fourth-order valence-corrected chi connectivity index (χ4v) is 11.7. The maximum atomic E-state index is 7.11. The Hall–Kier alpha value is -7.46. The zero-order chi connectivity index (χ0) is 39.4. The van der Waals surface area contributed by atoms with Crippen LogP contribution in [0.25, 0.3) is 74.8 Å². The molecule has 0 saturated heterocycles. The van der Waals surface area contributed by atoms with Gasteiger partial charge in [-0.15, -0.1) is 11.3 Å². The second-order valence-electron chi connectivity index (χ2n) is 15.9. The highest BCUT2D eigenvalue weighted by Gasteiger charge is 2.46. The fourth-order valence-electron chi connectivity index (χ4n) is 10.4. The molecule has 0 bridgehead atoms. The fraction of sp³-hybridized carbons (Fsp3) is 0.0175. The number of para-hydroxylation sites is 1. The number of nitrogens with zero attached hydrogens (tertiary/aromatic N) is 1. The average molecular weight is 782 g/mol. The molecule has 0 aliphatic heterocycles. The van der Waals surface area contributed by atoms with Gasteiger partial charge in [0, 0.05) is 37.3 Å². The SMILES string of the molecule is c1ccc(C2(c3ccccc3)c3ccccc3-c3cc(N(c4cccc5c4oc4c6ccccc6ccc54)c4cccc5c4sc4c6ccccc6ccc54)ccc32)cc1. The molecule has 0 amide bonds. The van der Waals surface area contributed by atoms with Gasteiger partial charge < -0.3 is 9.32 Å². The predicted molar refractivity (Wildman–Crippen MR) is 254 cm³/mol. The average Bonchev–Trinajstić information content (AvgIpc) is 3.99. The highest BCUT2D eigenvalue weighted by atomic mass is 32.1. The molecule has 280 valence electrons. The maximum Gasteiger partial charge on any atom is 0.159 e. The van der Waals surface area contributed by atoms with Crippen LogP contribution in [-0.2, 0) is 5.41 Å². The van der Waals surface area contributed by atoms with E-state index in [0.29, 0.717) is 0 Å². The van der Waals surface area contributed by atoms with Gasteiger partial charge in [-0.25, -0.2) is 0 Å². The van der Waals surface area contributed by atoms with Crippen LogP contribution in [0.2, 0.25) is 0 Å². The maximum absolute atomic E-state index is 7.11. The largest absolute Gasteiger partial charge is 0.453 e. The van der Waals surface area contributed by atoms with Crippen LogP contribution in [0.4, 0.5) is 17.1 Å². The molecular weight excluding hydrogens is 747 g/mol. The highest BCUT2D eigenvalue weighted by molar-refractivity contribution is 7.27. The first-order valence-corrected chi connectivity index (χ1v) is 21.4. The van der Waals surface area contributed by atoms with Gasteiger partial charge >= 0.3 is 0 Å². The predicted octanol–water partition coefficient (Wildman–Crippen LogP) is 16.1. The van der Waals surface area contributed by atoms with Gasteiger partial charge in [0.1, 0.15) is 5.58 Å². The van der Waals surface area contributed by atoms with Gasteiger partial charge in [-0.2, -0.15) is 0 Å². The van der Waals surface area contributed by atoms with E-state index >= 15 is 0 Å². The quantitative estimate of drug-likeness (QED) is 0.173. The molecule has 10 aromatic carbocycles. The van der Waals surface area contributed by atoms with Crippen molar-refractivity contribution in [1.29, 1.82) is 0 Å². The van der Waals surface area contributed by atoms with Crippen LogP contribution >= 0.6 is 11.3 Å². The third-order valence-corrected chi connectivity index (χ3v) is 14.2.